The molecule has 1 aliphatic rings. The first-order valence-corrected chi connectivity index (χ1v) is 8.35. The van der Waals surface area contributed by atoms with Crippen LogP contribution in [0.25, 0.3) is 5.65 Å². The molecule has 130 valence electrons. The second kappa shape index (κ2) is 6.56. The molecule has 0 unspecified atom stereocenters. The Morgan fingerprint density at radius 2 is 2.24 bits per heavy atom. The number of hydrogen-bond acceptors (Lipinski definition) is 5. The van der Waals surface area contributed by atoms with E-state index in [-0.39, 0.29) is 23.9 Å². The van der Waals surface area contributed by atoms with Crippen molar-refractivity contribution in [1.29, 1.82) is 0 Å². The summed E-state index contributed by atoms with van der Waals surface area (Å²) in [7, 11) is 0. The Morgan fingerprint density at radius 3 is 3.00 bits per heavy atom. The molecule has 4 heterocycles. The number of nitrogens with zero attached hydrogens (tertiary/aromatic N) is 2. The molecule has 0 spiro atoms. The lowest BCUT2D eigenvalue weighted by molar-refractivity contribution is 0.0949. The second-order valence-electron chi connectivity index (χ2n) is 6.15. The van der Waals surface area contributed by atoms with Crippen LogP contribution >= 0.6 is 0 Å². The van der Waals surface area contributed by atoms with E-state index in [1.165, 1.54) is 10.7 Å². The average Bonchev–Trinajstić information content (AvgIpc) is 3.30. The molecule has 8 heteroatoms. The molecule has 1 saturated heterocycles. The Hall–Kier alpha value is -2.87. The maximum Gasteiger partial charge on any atom is 0.272 e. The molecule has 3 aromatic rings. The number of carbonyl (C=O) groups is 1. The number of hydrogen-bond donors (Lipinski definition) is 3. The van der Waals surface area contributed by atoms with Crippen molar-refractivity contribution in [3.63, 3.8) is 0 Å². The summed E-state index contributed by atoms with van der Waals surface area (Å²) in [6, 6.07) is 5.11. The van der Waals surface area contributed by atoms with Gasteiger partial charge in [-0.2, -0.15) is 0 Å². The summed E-state index contributed by atoms with van der Waals surface area (Å²) in [6.45, 7) is 2.10. The third-order valence-electron chi connectivity index (χ3n) is 4.52. The molecule has 0 aromatic carbocycles. The van der Waals surface area contributed by atoms with E-state index in [1.54, 1.807) is 24.5 Å². The SMILES string of the molecule is O=C(NCc1ccco1)c1c[nH]n2c(=O)cc(C3CCNCC3)nc12. The average molecular weight is 341 g/mol. The number of aromatic amines is 1. The van der Waals surface area contributed by atoms with E-state index in [9.17, 15) is 9.59 Å². The third-order valence-corrected chi connectivity index (χ3v) is 4.52. The van der Waals surface area contributed by atoms with Gasteiger partial charge in [0.05, 0.1) is 18.5 Å². The summed E-state index contributed by atoms with van der Waals surface area (Å²) in [6.07, 6.45) is 4.94. The predicted octanol–water partition coefficient (Wildman–Crippen LogP) is 1.01. The first-order chi connectivity index (χ1) is 12.2. The molecule has 4 rings (SSSR count). The standard InChI is InChI=1S/C17H19N5O3/c23-15-8-14(11-3-5-18-6-4-11)21-16-13(10-20-22(15)16)17(24)19-9-12-2-1-7-25-12/h1-2,7-8,10-11,18,20H,3-6,9H2,(H,19,24). The molecule has 0 atom stereocenters. The molecular weight excluding hydrogens is 322 g/mol. The van der Waals surface area contributed by atoms with E-state index in [0.717, 1.165) is 31.6 Å². The topological polar surface area (TPSA) is 104 Å². The summed E-state index contributed by atoms with van der Waals surface area (Å²) >= 11 is 0. The zero-order chi connectivity index (χ0) is 17.2. The van der Waals surface area contributed by atoms with Gasteiger partial charge in [0.15, 0.2) is 5.65 Å². The lowest BCUT2D eigenvalue weighted by Crippen LogP contribution is -2.28. The lowest BCUT2D eigenvalue weighted by Gasteiger charge is -2.21. The quantitative estimate of drug-likeness (QED) is 0.657. The van der Waals surface area contributed by atoms with Gasteiger partial charge in [0.25, 0.3) is 11.5 Å². The number of rotatable bonds is 4. The second-order valence-corrected chi connectivity index (χ2v) is 6.15. The van der Waals surface area contributed by atoms with Crippen molar-refractivity contribution in [3.8, 4) is 0 Å². The van der Waals surface area contributed by atoms with Gasteiger partial charge < -0.3 is 15.1 Å². The van der Waals surface area contributed by atoms with Gasteiger partial charge in [0.2, 0.25) is 0 Å². The summed E-state index contributed by atoms with van der Waals surface area (Å²) in [5.74, 6) is 0.603. The number of aromatic nitrogens is 3. The van der Waals surface area contributed by atoms with Gasteiger partial charge in [-0.1, -0.05) is 0 Å². The number of nitrogens with one attached hydrogen (secondary N) is 3. The lowest BCUT2D eigenvalue weighted by atomic mass is 9.94. The smallest absolute Gasteiger partial charge is 0.272 e. The summed E-state index contributed by atoms with van der Waals surface area (Å²) in [4.78, 5) is 29.4. The minimum Gasteiger partial charge on any atom is -0.467 e. The molecule has 8 nitrogen and oxygen atoms in total. The van der Waals surface area contributed by atoms with Crippen LogP contribution in [-0.4, -0.2) is 33.6 Å². The fourth-order valence-corrected chi connectivity index (χ4v) is 3.17. The van der Waals surface area contributed by atoms with Crippen LogP contribution in [-0.2, 0) is 6.54 Å². The zero-order valence-electron chi connectivity index (χ0n) is 13.6. The molecule has 1 amide bonds. The van der Waals surface area contributed by atoms with Crippen molar-refractivity contribution in [2.75, 3.05) is 13.1 Å². The fourth-order valence-electron chi connectivity index (χ4n) is 3.17. The zero-order valence-corrected chi connectivity index (χ0v) is 13.6. The van der Waals surface area contributed by atoms with Gasteiger partial charge in [0.1, 0.15) is 11.3 Å². The van der Waals surface area contributed by atoms with E-state index >= 15 is 0 Å². The molecule has 1 aliphatic heterocycles. The third kappa shape index (κ3) is 3.08. The highest BCUT2D eigenvalue weighted by Gasteiger charge is 2.21. The number of H-pyrrole nitrogens is 1. The molecule has 25 heavy (non-hydrogen) atoms. The Kier molecular flexibility index (Phi) is 4.10. The monoisotopic (exact) mass is 341 g/mol. The minimum atomic E-state index is -0.301. The van der Waals surface area contributed by atoms with Gasteiger partial charge in [0, 0.05) is 18.2 Å². The van der Waals surface area contributed by atoms with Gasteiger partial charge in [-0.25, -0.2) is 9.50 Å². The van der Waals surface area contributed by atoms with Crippen molar-refractivity contribution in [1.82, 2.24) is 25.2 Å². The highest BCUT2D eigenvalue weighted by molar-refractivity contribution is 5.99. The van der Waals surface area contributed by atoms with Crippen molar-refractivity contribution >= 4 is 11.6 Å². The Labute approximate surface area is 143 Å². The van der Waals surface area contributed by atoms with Crippen LogP contribution in [0.2, 0.25) is 0 Å². The molecule has 3 N–H and O–H groups in total. The Morgan fingerprint density at radius 1 is 1.40 bits per heavy atom. The normalized spacial score (nSPS) is 15.5. The highest BCUT2D eigenvalue weighted by atomic mass is 16.3. The number of fused-ring (bicyclic) bond motifs is 1. The van der Waals surface area contributed by atoms with Gasteiger partial charge in [-0.3, -0.25) is 14.7 Å². The van der Waals surface area contributed by atoms with Crippen LogP contribution in [0.1, 0.15) is 40.6 Å². The van der Waals surface area contributed by atoms with Gasteiger partial charge >= 0.3 is 0 Å². The number of carbonyl (C=O) groups excluding carboxylic acids is 1. The Balaban J connectivity index is 1.63. The largest absolute Gasteiger partial charge is 0.467 e. The number of piperidine rings is 1. The minimum absolute atomic E-state index is 0.205. The van der Waals surface area contributed by atoms with Crippen molar-refractivity contribution < 1.29 is 9.21 Å². The summed E-state index contributed by atoms with van der Waals surface area (Å²) in [5, 5.41) is 8.89. The van der Waals surface area contributed by atoms with Crippen molar-refractivity contribution in [3.05, 3.63) is 58.0 Å². The van der Waals surface area contributed by atoms with E-state index in [1.807, 2.05) is 0 Å². The highest BCUT2D eigenvalue weighted by Crippen LogP contribution is 2.23. The predicted molar refractivity (Wildman–Crippen MR) is 90.5 cm³/mol. The first kappa shape index (κ1) is 15.6. The summed E-state index contributed by atoms with van der Waals surface area (Å²) < 4.78 is 6.51. The van der Waals surface area contributed by atoms with E-state index in [2.05, 4.69) is 20.7 Å². The number of furan rings is 1. The fraction of sp³-hybridized carbons (Fsp3) is 0.353. The molecule has 0 radical (unpaired) electrons. The molecule has 0 aliphatic carbocycles. The first-order valence-electron chi connectivity index (χ1n) is 8.35. The van der Waals surface area contributed by atoms with Crippen LogP contribution < -0.4 is 16.2 Å². The molecule has 1 fully saturated rings. The molecule has 0 bridgehead atoms. The van der Waals surface area contributed by atoms with Crippen LogP contribution in [0, 0.1) is 0 Å². The van der Waals surface area contributed by atoms with Gasteiger partial charge in [-0.15, -0.1) is 0 Å². The Bertz CT molecular complexity index is 935. The van der Waals surface area contributed by atoms with E-state index in [0.29, 0.717) is 17.0 Å². The number of amides is 1. The molecule has 0 saturated carbocycles. The van der Waals surface area contributed by atoms with Crippen molar-refractivity contribution in [2.24, 2.45) is 0 Å². The van der Waals surface area contributed by atoms with Crippen LogP contribution in [0.5, 0.6) is 0 Å². The van der Waals surface area contributed by atoms with Gasteiger partial charge in [-0.05, 0) is 38.1 Å². The van der Waals surface area contributed by atoms with Crippen LogP contribution in [0.4, 0.5) is 0 Å². The van der Waals surface area contributed by atoms with Crippen LogP contribution in [0.15, 0.2) is 39.9 Å². The maximum atomic E-state index is 12.5. The van der Waals surface area contributed by atoms with E-state index < -0.39 is 0 Å². The van der Waals surface area contributed by atoms with E-state index in [4.69, 9.17) is 4.42 Å². The molecular formula is C17H19N5O3. The van der Waals surface area contributed by atoms with Crippen molar-refractivity contribution in [2.45, 2.75) is 25.3 Å². The summed E-state index contributed by atoms with van der Waals surface area (Å²) in [5.41, 5.74) is 1.26. The van der Waals surface area contributed by atoms with Crippen LogP contribution in [0.3, 0.4) is 0 Å². The maximum absolute atomic E-state index is 12.5. The molecule has 3 aromatic heterocycles.